The van der Waals surface area contributed by atoms with Gasteiger partial charge in [-0.1, -0.05) is 26.8 Å². The van der Waals surface area contributed by atoms with Gasteiger partial charge in [0.2, 0.25) is 8.32 Å². The molecule has 4 unspecified atom stereocenters. The van der Waals surface area contributed by atoms with Gasteiger partial charge in [0.15, 0.2) is 11.5 Å². The lowest BCUT2D eigenvalue weighted by molar-refractivity contribution is 0.0191. The number of rotatable bonds is 6. The van der Waals surface area contributed by atoms with E-state index in [1.54, 1.807) is 20.3 Å². The highest BCUT2D eigenvalue weighted by atomic mass is 28.4. The molecule has 0 saturated carbocycles. The van der Waals surface area contributed by atoms with Gasteiger partial charge in [0.1, 0.15) is 11.5 Å². The summed E-state index contributed by atoms with van der Waals surface area (Å²) in [5.41, 5.74) is 2.05. The molecule has 0 spiro atoms. The molecule has 180 valence electrons. The highest BCUT2D eigenvalue weighted by Gasteiger charge is 2.48. The van der Waals surface area contributed by atoms with E-state index in [2.05, 4.69) is 39.9 Å². The van der Waals surface area contributed by atoms with Crippen molar-refractivity contribution in [2.75, 3.05) is 27.4 Å². The third-order valence-electron chi connectivity index (χ3n) is 7.44. The zero-order chi connectivity index (χ0) is 24.0. The largest absolute Gasteiger partial charge is 0.543 e. The highest BCUT2D eigenvalue weighted by Crippen LogP contribution is 2.51. The summed E-state index contributed by atoms with van der Waals surface area (Å²) in [7, 11) is 1.24. The first kappa shape index (κ1) is 23.9. The van der Waals surface area contributed by atoms with Gasteiger partial charge in [-0.2, -0.15) is 0 Å². The van der Waals surface area contributed by atoms with Crippen LogP contribution in [0.15, 0.2) is 36.4 Å². The molecule has 7 heteroatoms. The number of fused-ring (bicyclic) bond motifs is 1. The predicted molar refractivity (Wildman–Crippen MR) is 130 cm³/mol. The summed E-state index contributed by atoms with van der Waals surface area (Å²) in [6.45, 7) is 12.4. The van der Waals surface area contributed by atoms with Gasteiger partial charge in [-0.25, -0.2) is 0 Å². The Bertz CT molecular complexity index is 999. The van der Waals surface area contributed by atoms with Gasteiger partial charge in [-0.05, 0) is 53.5 Å². The number of phenolic OH excluding ortho intramolecular Hbond substituents is 1. The number of aromatic hydroxyl groups is 1. The summed E-state index contributed by atoms with van der Waals surface area (Å²) in [5.74, 6) is 2.63. The number of ether oxygens (including phenoxy) is 4. The highest BCUT2D eigenvalue weighted by molar-refractivity contribution is 6.74. The van der Waals surface area contributed by atoms with E-state index in [9.17, 15) is 5.11 Å². The molecule has 2 aromatic carbocycles. The first-order valence-corrected chi connectivity index (χ1v) is 14.4. The van der Waals surface area contributed by atoms with Crippen LogP contribution in [0.1, 0.15) is 44.1 Å². The van der Waals surface area contributed by atoms with Gasteiger partial charge in [0.25, 0.3) is 0 Å². The minimum atomic E-state index is -1.99. The van der Waals surface area contributed by atoms with Crippen LogP contribution in [0.2, 0.25) is 18.1 Å². The normalized spacial score (nSPS) is 25.1. The van der Waals surface area contributed by atoms with Crippen LogP contribution in [0.25, 0.3) is 0 Å². The minimum Gasteiger partial charge on any atom is -0.543 e. The molecule has 0 bridgehead atoms. The van der Waals surface area contributed by atoms with E-state index >= 15 is 0 Å². The molecule has 2 aliphatic heterocycles. The fourth-order valence-corrected chi connectivity index (χ4v) is 5.50. The van der Waals surface area contributed by atoms with Crippen LogP contribution in [-0.4, -0.2) is 40.9 Å². The number of methoxy groups -OCH3 is 2. The Balaban J connectivity index is 1.59. The third-order valence-corrected chi connectivity index (χ3v) is 11.8. The smallest absolute Gasteiger partial charge is 0.250 e. The maximum atomic E-state index is 9.95. The monoisotopic (exact) mass is 472 g/mol. The van der Waals surface area contributed by atoms with Crippen molar-refractivity contribution in [2.24, 2.45) is 11.8 Å². The quantitative estimate of drug-likeness (QED) is 0.531. The maximum Gasteiger partial charge on any atom is 0.250 e. The Hall–Kier alpha value is -2.22. The van der Waals surface area contributed by atoms with Crippen molar-refractivity contribution < 1.29 is 28.5 Å². The van der Waals surface area contributed by atoms with Crippen molar-refractivity contribution in [2.45, 2.75) is 51.1 Å². The molecule has 0 aromatic heterocycles. The standard InChI is InChI=1S/C26H36O6Si/c1-26(2,3)33(6,7)32-19-11-17(10-18(13-19)28-4)25-21-15-30-24(20(21)14-31-25)16-8-9-22(27)23(12-16)29-5/h8-13,20-21,24-25,27H,14-15H2,1-7H3. The summed E-state index contributed by atoms with van der Waals surface area (Å²) < 4.78 is 30.0. The molecule has 6 nitrogen and oxygen atoms in total. The fourth-order valence-electron chi connectivity index (χ4n) is 4.49. The van der Waals surface area contributed by atoms with Crippen LogP contribution >= 0.6 is 0 Å². The van der Waals surface area contributed by atoms with E-state index in [0.717, 1.165) is 22.6 Å². The summed E-state index contributed by atoms with van der Waals surface area (Å²) in [4.78, 5) is 0. The van der Waals surface area contributed by atoms with E-state index in [-0.39, 0.29) is 34.8 Å². The van der Waals surface area contributed by atoms with Crippen molar-refractivity contribution in [1.29, 1.82) is 0 Å². The minimum absolute atomic E-state index is 0.0872. The van der Waals surface area contributed by atoms with Crippen LogP contribution in [0.5, 0.6) is 23.0 Å². The molecule has 4 atom stereocenters. The Kier molecular flexibility index (Phi) is 6.42. The number of hydrogen-bond donors (Lipinski definition) is 1. The second kappa shape index (κ2) is 8.85. The average molecular weight is 473 g/mol. The summed E-state index contributed by atoms with van der Waals surface area (Å²) in [6.07, 6.45) is -0.182. The van der Waals surface area contributed by atoms with Gasteiger partial charge in [-0.15, -0.1) is 0 Å². The van der Waals surface area contributed by atoms with Gasteiger partial charge in [0.05, 0.1) is 39.6 Å². The lowest BCUT2D eigenvalue weighted by atomic mass is 9.85. The number of phenols is 1. The second-order valence-electron chi connectivity index (χ2n) is 10.6. The van der Waals surface area contributed by atoms with E-state index in [1.807, 2.05) is 24.3 Å². The van der Waals surface area contributed by atoms with Gasteiger partial charge in [-0.3, -0.25) is 0 Å². The molecule has 0 amide bonds. The molecule has 2 aromatic rings. The molecular weight excluding hydrogens is 436 g/mol. The van der Waals surface area contributed by atoms with E-state index in [4.69, 9.17) is 23.4 Å². The van der Waals surface area contributed by atoms with E-state index in [0.29, 0.717) is 19.0 Å². The van der Waals surface area contributed by atoms with Gasteiger partial charge >= 0.3 is 0 Å². The SMILES string of the molecule is COc1cc(O[Si](C)(C)C(C)(C)C)cc(C2OCC3C(c4ccc(O)c(OC)c4)OCC23)c1. The Labute approximate surface area is 197 Å². The first-order chi connectivity index (χ1) is 15.5. The Morgan fingerprint density at radius 2 is 1.45 bits per heavy atom. The van der Waals surface area contributed by atoms with Crippen molar-refractivity contribution in [3.8, 4) is 23.0 Å². The molecule has 0 aliphatic carbocycles. The number of hydrogen-bond acceptors (Lipinski definition) is 6. The van der Waals surface area contributed by atoms with Crippen molar-refractivity contribution in [3.63, 3.8) is 0 Å². The fraction of sp³-hybridized carbons (Fsp3) is 0.538. The molecule has 1 N–H and O–H groups in total. The summed E-state index contributed by atoms with van der Waals surface area (Å²) >= 11 is 0. The van der Waals surface area contributed by atoms with Crippen molar-refractivity contribution >= 4 is 8.32 Å². The molecular formula is C26H36O6Si. The molecule has 2 aliphatic rings. The molecule has 33 heavy (non-hydrogen) atoms. The topological polar surface area (TPSA) is 66.4 Å². The molecule has 2 saturated heterocycles. The van der Waals surface area contributed by atoms with Gasteiger partial charge in [0, 0.05) is 17.9 Å². The number of benzene rings is 2. The first-order valence-electron chi connectivity index (χ1n) is 11.5. The lowest BCUT2D eigenvalue weighted by Gasteiger charge is -2.36. The lowest BCUT2D eigenvalue weighted by Crippen LogP contribution is -2.43. The van der Waals surface area contributed by atoms with E-state index < -0.39 is 8.32 Å². The average Bonchev–Trinajstić information content (AvgIpc) is 3.35. The molecule has 2 heterocycles. The third kappa shape index (κ3) is 4.59. The molecule has 0 radical (unpaired) electrons. The van der Waals surface area contributed by atoms with Gasteiger partial charge < -0.3 is 28.5 Å². The zero-order valence-corrected chi connectivity index (χ0v) is 21.7. The van der Waals surface area contributed by atoms with Crippen LogP contribution in [0.4, 0.5) is 0 Å². The van der Waals surface area contributed by atoms with E-state index in [1.165, 1.54) is 0 Å². The van der Waals surface area contributed by atoms with Crippen molar-refractivity contribution in [1.82, 2.24) is 0 Å². The van der Waals surface area contributed by atoms with Crippen molar-refractivity contribution in [3.05, 3.63) is 47.5 Å². The Morgan fingerprint density at radius 3 is 2.03 bits per heavy atom. The Morgan fingerprint density at radius 1 is 0.848 bits per heavy atom. The second-order valence-corrected chi connectivity index (χ2v) is 15.3. The molecule has 4 rings (SSSR count). The van der Waals surface area contributed by atoms with Crippen LogP contribution in [0.3, 0.4) is 0 Å². The molecule has 2 fully saturated rings. The van der Waals surface area contributed by atoms with Crippen LogP contribution < -0.4 is 13.9 Å². The zero-order valence-electron chi connectivity index (χ0n) is 20.7. The maximum absolute atomic E-state index is 9.95. The van der Waals surface area contributed by atoms with Crippen LogP contribution in [0, 0.1) is 11.8 Å². The van der Waals surface area contributed by atoms with Crippen LogP contribution in [-0.2, 0) is 9.47 Å². The summed E-state index contributed by atoms with van der Waals surface area (Å²) in [6, 6.07) is 11.5. The summed E-state index contributed by atoms with van der Waals surface area (Å²) in [5, 5.41) is 10.1. The predicted octanol–water partition coefficient (Wildman–Crippen LogP) is 5.87.